The van der Waals surface area contributed by atoms with E-state index >= 15 is 0 Å². The minimum atomic E-state index is -0.676. The van der Waals surface area contributed by atoms with Crippen molar-refractivity contribution in [3.8, 4) is 5.75 Å². The van der Waals surface area contributed by atoms with Crippen LogP contribution in [0.3, 0.4) is 0 Å². The largest absolute Gasteiger partial charge is 0.488 e. The van der Waals surface area contributed by atoms with E-state index in [0.717, 1.165) is 25.5 Å². The summed E-state index contributed by atoms with van der Waals surface area (Å²) in [5.41, 5.74) is 0. The number of hydrogen-bond donors (Lipinski definition) is 1. The molecule has 0 amide bonds. The minimum Gasteiger partial charge on any atom is -0.488 e. The van der Waals surface area contributed by atoms with Gasteiger partial charge in [0.2, 0.25) is 0 Å². The van der Waals surface area contributed by atoms with Crippen molar-refractivity contribution in [1.82, 2.24) is 5.32 Å². The molecule has 1 fully saturated rings. The summed E-state index contributed by atoms with van der Waals surface area (Å²) in [6.45, 7) is 1.38. The van der Waals surface area contributed by atoms with Crippen molar-refractivity contribution in [2.24, 2.45) is 0 Å². The zero-order valence-corrected chi connectivity index (χ0v) is 10.2. The molecule has 1 aromatic carbocycles. The zero-order valence-electron chi connectivity index (χ0n) is 8.60. The molecule has 0 unspecified atom stereocenters. The van der Waals surface area contributed by atoms with Crippen LogP contribution in [0.2, 0.25) is 0 Å². The van der Waals surface area contributed by atoms with E-state index in [-0.39, 0.29) is 11.8 Å². The average Bonchev–Trinajstić information content (AvgIpc) is 2.68. The summed E-state index contributed by atoms with van der Waals surface area (Å²) in [4.78, 5) is 0. The Morgan fingerprint density at radius 3 is 2.88 bits per heavy atom. The molecular formula is C11H12BrF2NO. The van der Waals surface area contributed by atoms with Crippen molar-refractivity contribution >= 4 is 15.9 Å². The Balaban J connectivity index is 2.03. The van der Waals surface area contributed by atoms with E-state index < -0.39 is 11.6 Å². The van der Waals surface area contributed by atoms with Crippen LogP contribution in [0, 0.1) is 11.6 Å². The zero-order chi connectivity index (χ0) is 11.5. The highest BCUT2D eigenvalue weighted by atomic mass is 79.9. The maximum Gasteiger partial charge on any atom is 0.169 e. The summed E-state index contributed by atoms with van der Waals surface area (Å²) in [7, 11) is 0. The summed E-state index contributed by atoms with van der Waals surface area (Å²) in [6.07, 6.45) is 2.14. The standard InChI is InChI=1S/C11H12BrF2NO/c12-9-4-7(13)5-10(14)11(9)16-6-8-2-1-3-15-8/h4-5,8,15H,1-3,6H2/t8-/m0/s1. The van der Waals surface area contributed by atoms with Crippen LogP contribution >= 0.6 is 15.9 Å². The molecule has 88 valence electrons. The van der Waals surface area contributed by atoms with Gasteiger partial charge in [0.15, 0.2) is 11.6 Å². The van der Waals surface area contributed by atoms with Crippen molar-refractivity contribution in [3.05, 3.63) is 28.2 Å². The van der Waals surface area contributed by atoms with Gasteiger partial charge in [-0.25, -0.2) is 8.78 Å². The third kappa shape index (κ3) is 2.71. The molecule has 1 heterocycles. The maximum absolute atomic E-state index is 13.4. The SMILES string of the molecule is Fc1cc(F)c(OC[C@@H]2CCCN2)c(Br)c1. The van der Waals surface area contributed by atoms with Gasteiger partial charge in [-0.05, 0) is 41.4 Å². The summed E-state index contributed by atoms with van der Waals surface area (Å²) >= 11 is 3.08. The predicted molar refractivity (Wildman–Crippen MR) is 60.6 cm³/mol. The first-order valence-corrected chi connectivity index (χ1v) is 5.97. The fraction of sp³-hybridized carbons (Fsp3) is 0.455. The summed E-state index contributed by atoms with van der Waals surface area (Å²) in [5, 5.41) is 3.24. The Morgan fingerprint density at radius 1 is 1.44 bits per heavy atom. The smallest absolute Gasteiger partial charge is 0.169 e. The van der Waals surface area contributed by atoms with Gasteiger partial charge in [-0.15, -0.1) is 0 Å². The summed E-state index contributed by atoms with van der Waals surface area (Å²) in [5.74, 6) is -1.21. The lowest BCUT2D eigenvalue weighted by atomic mass is 10.2. The van der Waals surface area contributed by atoms with E-state index in [1.807, 2.05) is 0 Å². The lowest BCUT2D eigenvalue weighted by molar-refractivity contribution is 0.263. The van der Waals surface area contributed by atoms with E-state index in [4.69, 9.17) is 4.74 Å². The number of hydrogen-bond acceptors (Lipinski definition) is 2. The molecule has 5 heteroatoms. The predicted octanol–water partition coefficient (Wildman–Crippen LogP) is 2.86. The fourth-order valence-corrected chi connectivity index (χ4v) is 2.27. The topological polar surface area (TPSA) is 21.3 Å². The van der Waals surface area contributed by atoms with Gasteiger partial charge in [-0.1, -0.05) is 0 Å². The molecule has 2 rings (SSSR count). The Morgan fingerprint density at radius 2 is 2.25 bits per heavy atom. The number of ether oxygens (including phenoxy) is 1. The first-order valence-electron chi connectivity index (χ1n) is 5.17. The average molecular weight is 292 g/mol. The van der Waals surface area contributed by atoms with E-state index in [1.165, 1.54) is 6.07 Å². The van der Waals surface area contributed by atoms with Gasteiger partial charge < -0.3 is 10.1 Å². The number of nitrogens with one attached hydrogen (secondary N) is 1. The number of halogens is 3. The van der Waals surface area contributed by atoms with Gasteiger partial charge >= 0.3 is 0 Å². The monoisotopic (exact) mass is 291 g/mol. The number of rotatable bonds is 3. The molecule has 0 radical (unpaired) electrons. The second-order valence-electron chi connectivity index (χ2n) is 3.80. The van der Waals surface area contributed by atoms with E-state index in [9.17, 15) is 8.78 Å². The molecule has 1 saturated heterocycles. The van der Waals surface area contributed by atoms with Gasteiger partial charge in [-0.2, -0.15) is 0 Å². The lowest BCUT2D eigenvalue weighted by Gasteiger charge is -2.13. The fourth-order valence-electron chi connectivity index (χ4n) is 1.75. The van der Waals surface area contributed by atoms with Crippen molar-refractivity contribution in [2.45, 2.75) is 18.9 Å². The quantitative estimate of drug-likeness (QED) is 0.925. The molecule has 0 aliphatic carbocycles. The number of benzene rings is 1. The van der Waals surface area contributed by atoms with Crippen LogP contribution in [-0.2, 0) is 0 Å². The highest BCUT2D eigenvalue weighted by molar-refractivity contribution is 9.10. The second-order valence-corrected chi connectivity index (χ2v) is 4.66. The van der Waals surface area contributed by atoms with Gasteiger partial charge in [0.05, 0.1) is 4.47 Å². The molecule has 16 heavy (non-hydrogen) atoms. The van der Waals surface area contributed by atoms with Crippen LogP contribution in [0.1, 0.15) is 12.8 Å². The molecule has 1 atom stereocenters. The summed E-state index contributed by atoms with van der Waals surface area (Å²) in [6, 6.07) is 2.28. The molecule has 0 aromatic heterocycles. The van der Waals surface area contributed by atoms with Gasteiger partial charge in [0.25, 0.3) is 0 Å². The Hall–Kier alpha value is -0.680. The highest BCUT2D eigenvalue weighted by Crippen LogP contribution is 2.29. The molecule has 0 bridgehead atoms. The minimum absolute atomic E-state index is 0.0788. The molecule has 1 aliphatic heterocycles. The van der Waals surface area contributed by atoms with Crippen molar-refractivity contribution in [1.29, 1.82) is 0 Å². The molecule has 1 aromatic rings. The molecule has 0 saturated carbocycles. The van der Waals surface area contributed by atoms with Crippen LogP contribution in [0.5, 0.6) is 5.75 Å². The molecule has 2 nitrogen and oxygen atoms in total. The van der Waals surface area contributed by atoms with Crippen LogP contribution in [-0.4, -0.2) is 19.2 Å². The first-order chi connectivity index (χ1) is 7.66. The van der Waals surface area contributed by atoms with Gasteiger partial charge in [0.1, 0.15) is 12.4 Å². The first kappa shape index (κ1) is 11.8. The normalized spacial score (nSPS) is 20.1. The Kier molecular flexibility index (Phi) is 3.76. The molecule has 1 aliphatic rings. The van der Waals surface area contributed by atoms with Crippen molar-refractivity contribution in [2.75, 3.05) is 13.2 Å². The van der Waals surface area contributed by atoms with Crippen LogP contribution in [0.4, 0.5) is 8.78 Å². The van der Waals surface area contributed by atoms with E-state index in [0.29, 0.717) is 11.1 Å². The Bertz CT molecular complexity index is 357. The van der Waals surface area contributed by atoms with Crippen molar-refractivity contribution < 1.29 is 13.5 Å². The van der Waals surface area contributed by atoms with E-state index in [1.54, 1.807) is 0 Å². The third-order valence-corrected chi connectivity index (χ3v) is 3.14. The highest BCUT2D eigenvalue weighted by Gasteiger charge is 2.17. The van der Waals surface area contributed by atoms with Crippen LogP contribution < -0.4 is 10.1 Å². The van der Waals surface area contributed by atoms with Gasteiger partial charge in [-0.3, -0.25) is 0 Å². The lowest BCUT2D eigenvalue weighted by Crippen LogP contribution is -2.28. The van der Waals surface area contributed by atoms with Gasteiger partial charge in [0, 0.05) is 12.1 Å². The molecule has 0 spiro atoms. The van der Waals surface area contributed by atoms with Crippen LogP contribution in [0.15, 0.2) is 16.6 Å². The molecule has 1 N–H and O–H groups in total. The third-order valence-electron chi connectivity index (χ3n) is 2.55. The summed E-state index contributed by atoms with van der Waals surface area (Å²) < 4.78 is 31.8. The van der Waals surface area contributed by atoms with Crippen LogP contribution in [0.25, 0.3) is 0 Å². The van der Waals surface area contributed by atoms with E-state index in [2.05, 4.69) is 21.2 Å². The Labute approximate surface area is 101 Å². The maximum atomic E-state index is 13.4. The molecular weight excluding hydrogens is 280 g/mol. The van der Waals surface area contributed by atoms with Crippen molar-refractivity contribution in [3.63, 3.8) is 0 Å². The second kappa shape index (κ2) is 5.10.